The number of rotatable bonds is 6. The monoisotopic (exact) mass is 384 g/mol. The van der Waals surface area contributed by atoms with Crippen molar-refractivity contribution in [3.8, 4) is 28.6 Å². The minimum Gasteiger partial charge on any atom is -0.489 e. The molecule has 3 aromatic rings. The number of carboxylic acids is 1. The van der Waals surface area contributed by atoms with E-state index in [1.165, 1.54) is 6.08 Å². The van der Waals surface area contributed by atoms with E-state index in [-0.39, 0.29) is 6.10 Å². The van der Waals surface area contributed by atoms with Gasteiger partial charge in [-0.1, -0.05) is 28.9 Å². The van der Waals surface area contributed by atoms with Crippen LogP contribution in [0.3, 0.4) is 0 Å². The van der Waals surface area contributed by atoms with Crippen LogP contribution in [0.15, 0.2) is 53.1 Å². The number of aromatic nitrogens is 2. The van der Waals surface area contributed by atoms with E-state index >= 15 is 0 Å². The van der Waals surface area contributed by atoms with Crippen molar-refractivity contribution in [1.82, 2.24) is 10.1 Å². The summed E-state index contributed by atoms with van der Waals surface area (Å²) in [6.45, 7) is 3.86. The van der Waals surface area contributed by atoms with Crippen LogP contribution in [0.25, 0.3) is 28.9 Å². The van der Waals surface area contributed by atoms with Crippen molar-refractivity contribution in [3.63, 3.8) is 0 Å². The summed E-state index contributed by atoms with van der Waals surface area (Å²) < 4.78 is 10.9. The Morgan fingerprint density at radius 3 is 2.52 bits per heavy atom. The lowest BCUT2D eigenvalue weighted by Gasteiger charge is -2.11. The highest BCUT2D eigenvalue weighted by atomic mass is 35.5. The zero-order chi connectivity index (χ0) is 19.4. The topological polar surface area (TPSA) is 85.5 Å². The Hall–Kier alpha value is -3.12. The molecule has 138 valence electrons. The van der Waals surface area contributed by atoms with Crippen LogP contribution >= 0.6 is 11.6 Å². The lowest BCUT2D eigenvalue weighted by Crippen LogP contribution is -2.05. The third-order valence-electron chi connectivity index (χ3n) is 3.55. The van der Waals surface area contributed by atoms with Crippen LogP contribution in [0.2, 0.25) is 5.02 Å². The van der Waals surface area contributed by atoms with Gasteiger partial charge in [0.05, 0.1) is 11.1 Å². The van der Waals surface area contributed by atoms with E-state index in [9.17, 15) is 4.79 Å². The third-order valence-corrected chi connectivity index (χ3v) is 3.85. The van der Waals surface area contributed by atoms with Gasteiger partial charge in [0.1, 0.15) is 5.75 Å². The van der Waals surface area contributed by atoms with E-state index in [0.29, 0.717) is 28.1 Å². The zero-order valence-electron chi connectivity index (χ0n) is 14.7. The molecule has 1 aromatic heterocycles. The third kappa shape index (κ3) is 4.74. The second kappa shape index (κ2) is 8.05. The highest BCUT2D eigenvalue weighted by molar-refractivity contribution is 6.32. The molecule has 27 heavy (non-hydrogen) atoms. The molecule has 0 fully saturated rings. The van der Waals surface area contributed by atoms with Crippen LogP contribution in [-0.4, -0.2) is 27.3 Å². The van der Waals surface area contributed by atoms with Gasteiger partial charge in [0.15, 0.2) is 0 Å². The SMILES string of the molecule is CC(C)Oc1ccc(-c2noc(-c3ccc(/C=C/C(=O)O)cc3)n2)cc1Cl. The molecular formula is C20H17ClN2O4. The van der Waals surface area contributed by atoms with Crippen molar-refractivity contribution in [2.75, 3.05) is 0 Å². The van der Waals surface area contributed by atoms with Crippen molar-refractivity contribution in [2.24, 2.45) is 0 Å². The van der Waals surface area contributed by atoms with E-state index in [1.807, 2.05) is 19.9 Å². The van der Waals surface area contributed by atoms with E-state index in [0.717, 1.165) is 17.2 Å². The summed E-state index contributed by atoms with van der Waals surface area (Å²) in [4.78, 5) is 15.0. The highest BCUT2D eigenvalue weighted by Gasteiger charge is 2.13. The Morgan fingerprint density at radius 1 is 1.19 bits per heavy atom. The number of hydrogen-bond acceptors (Lipinski definition) is 5. The number of benzene rings is 2. The van der Waals surface area contributed by atoms with E-state index in [2.05, 4.69) is 10.1 Å². The van der Waals surface area contributed by atoms with Gasteiger partial charge in [-0.15, -0.1) is 0 Å². The van der Waals surface area contributed by atoms with Crippen LogP contribution < -0.4 is 4.74 Å². The van der Waals surface area contributed by atoms with Gasteiger partial charge >= 0.3 is 5.97 Å². The molecule has 0 saturated carbocycles. The summed E-state index contributed by atoms with van der Waals surface area (Å²) in [7, 11) is 0. The molecule has 0 aliphatic heterocycles. The summed E-state index contributed by atoms with van der Waals surface area (Å²) in [5.41, 5.74) is 2.20. The van der Waals surface area contributed by atoms with Gasteiger partial charge < -0.3 is 14.4 Å². The maximum Gasteiger partial charge on any atom is 0.328 e. The van der Waals surface area contributed by atoms with Gasteiger partial charge in [-0.3, -0.25) is 0 Å². The first-order valence-electron chi connectivity index (χ1n) is 8.24. The number of ether oxygens (including phenoxy) is 1. The van der Waals surface area contributed by atoms with Gasteiger partial charge in [-0.25, -0.2) is 4.79 Å². The van der Waals surface area contributed by atoms with Gasteiger partial charge in [-0.05, 0) is 55.8 Å². The Kier molecular flexibility index (Phi) is 5.57. The number of carboxylic acid groups (broad SMARTS) is 1. The maximum absolute atomic E-state index is 10.6. The molecule has 2 aromatic carbocycles. The first-order chi connectivity index (χ1) is 12.9. The summed E-state index contributed by atoms with van der Waals surface area (Å²) in [5.74, 6) is 0.378. The molecule has 1 N–H and O–H groups in total. The fourth-order valence-corrected chi connectivity index (χ4v) is 2.58. The molecule has 7 heteroatoms. The van der Waals surface area contributed by atoms with Crippen LogP contribution in [0, 0.1) is 0 Å². The number of nitrogens with zero attached hydrogens (tertiary/aromatic N) is 2. The first-order valence-corrected chi connectivity index (χ1v) is 8.62. The number of carbonyl (C=O) groups is 1. The standard InChI is InChI=1S/C20H17ClN2O4/c1-12(2)26-17-9-8-15(11-16(17)21)19-22-20(27-23-19)14-6-3-13(4-7-14)5-10-18(24)25/h3-12H,1-2H3,(H,24,25)/b10-5+. The predicted octanol–water partition coefficient (Wildman–Crippen LogP) is 4.94. The lowest BCUT2D eigenvalue weighted by molar-refractivity contribution is -0.131. The molecule has 0 saturated heterocycles. The lowest BCUT2D eigenvalue weighted by atomic mass is 10.1. The molecule has 3 rings (SSSR count). The van der Waals surface area contributed by atoms with Gasteiger partial charge in [0.2, 0.25) is 5.82 Å². The fourth-order valence-electron chi connectivity index (χ4n) is 2.35. The first kappa shape index (κ1) is 18.7. The minimum atomic E-state index is -0.996. The molecule has 0 unspecified atom stereocenters. The Bertz CT molecular complexity index is 978. The van der Waals surface area contributed by atoms with Crippen molar-refractivity contribution < 1.29 is 19.2 Å². The summed E-state index contributed by atoms with van der Waals surface area (Å²) >= 11 is 6.26. The Balaban J connectivity index is 1.80. The largest absolute Gasteiger partial charge is 0.489 e. The van der Waals surface area contributed by atoms with Crippen molar-refractivity contribution in [3.05, 3.63) is 59.1 Å². The molecule has 1 heterocycles. The van der Waals surface area contributed by atoms with Crippen LogP contribution in [0.5, 0.6) is 5.75 Å². The predicted molar refractivity (Wildman–Crippen MR) is 103 cm³/mol. The van der Waals surface area contributed by atoms with Crippen LogP contribution in [0.4, 0.5) is 0 Å². The maximum atomic E-state index is 10.6. The number of aliphatic carboxylic acids is 1. The van der Waals surface area contributed by atoms with Gasteiger partial charge in [-0.2, -0.15) is 4.98 Å². The molecular weight excluding hydrogens is 368 g/mol. The second-order valence-corrected chi connectivity index (χ2v) is 6.44. The number of halogens is 1. The Morgan fingerprint density at radius 2 is 1.89 bits per heavy atom. The molecule has 0 amide bonds. The molecule has 0 atom stereocenters. The molecule has 0 radical (unpaired) electrons. The molecule has 0 aliphatic carbocycles. The summed E-state index contributed by atoms with van der Waals surface area (Å²) in [6.07, 6.45) is 2.61. The molecule has 0 aliphatic rings. The average molecular weight is 385 g/mol. The van der Waals surface area contributed by atoms with Crippen molar-refractivity contribution in [2.45, 2.75) is 20.0 Å². The van der Waals surface area contributed by atoms with Crippen LogP contribution in [-0.2, 0) is 4.79 Å². The average Bonchev–Trinajstić information content (AvgIpc) is 3.12. The Labute approximate surface area is 161 Å². The zero-order valence-corrected chi connectivity index (χ0v) is 15.5. The van der Waals surface area contributed by atoms with E-state index in [4.69, 9.17) is 26.0 Å². The van der Waals surface area contributed by atoms with Crippen molar-refractivity contribution >= 4 is 23.6 Å². The van der Waals surface area contributed by atoms with Gasteiger partial charge in [0.25, 0.3) is 5.89 Å². The molecule has 6 nitrogen and oxygen atoms in total. The minimum absolute atomic E-state index is 0.0263. The quantitative estimate of drug-likeness (QED) is 0.605. The van der Waals surface area contributed by atoms with E-state index < -0.39 is 5.97 Å². The summed E-state index contributed by atoms with van der Waals surface area (Å²) in [5, 5.41) is 13.1. The smallest absolute Gasteiger partial charge is 0.328 e. The molecule has 0 bridgehead atoms. The normalized spacial score (nSPS) is 11.3. The molecule has 0 spiro atoms. The number of hydrogen-bond donors (Lipinski definition) is 1. The highest BCUT2D eigenvalue weighted by Crippen LogP contribution is 2.31. The van der Waals surface area contributed by atoms with E-state index in [1.54, 1.807) is 36.4 Å². The van der Waals surface area contributed by atoms with Crippen LogP contribution in [0.1, 0.15) is 19.4 Å². The van der Waals surface area contributed by atoms with Gasteiger partial charge in [0, 0.05) is 17.2 Å². The van der Waals surface area contributed by atoms with Crippen molar-refractivity contribution in [1.29, 1.82) is 0 Å². The second-order valence-electron chi connectivity index (χ2n) is 6.03. The summed E-state index contributed by atoms with van der Waals surface area (Å²) in [6, 6.07) is 12.4. The fraction of sp³-hybridized carbons (Fsp3) is 0.150.